The molecule has 4 aromatic carbocycles. The van der Waals surface area contributed by atoms with Crippen molar-refractivity contribution in [3.8, 4) is 22.3 Å². The lowest BCUT2D eigenvalue weighted by atomic mass is 10.0. The van der Waals surface area contributed by atoms with E-state index in [1.165, 1.54) is 44.5 Å². The van der Waals surface area contributed by atoms with E-state index in [2.05, 4.69) is 84.9 Å². The van der Waals surface area contributed by atoms with Crippen LogP contribution in [0.15, 0.2) is 84.9 Å². The largest absolute Gasteiger partial charge is 0.249 e. The van der Waals surface area contributed by atoms with Crippen LogP contribution in [-0.2, 0) is 12.8 Å². The molecule has 0 unspecified atom stereocenters. The van der Waals surface area contributed by atoms with Crippen LogP contribution in [0, 0.1) is 0 Å². The van der Waals surface area contributed by atoms with Crippen molar-refractivity contribution in [1.29, 1.82) is 0 Å². The van der Waals surface area contributed by atoms with Gasteiger partial charge in [0.1, 0.15) is 0 Å². The van der Waals surface area contributed by atoms with Gasteiger partial charge in [-0.1, -0.05) is 60.7 Å². The Bertz CT molecular complexity index is 1110. The SMILES string of the molecule is c1ccc2c(c1)Cc1cc([N]c3ccc4c(c3)Cc3ccccc3-4)ccc1-2. The van der Waals surface area contributed by atoms with Gasteiger partial charge >= 0.3 is 0 Å². The van der Waals surface area contributed by atoms with E-state index < -0.39 is 0 Å². The third kappa shape index (κ3) is 2.32. The van der Waals surface area contributed by atoms with E-state index in [-0.39, 0.29) is 0 Å². The summed E-state index contributed by atoms with van der Waals surface area (Å²) in [7, 11) is 0. The van der Waals surface area contributed by atoms with Crippen LogP contribution >= 0.6 is 0 Å². The van der Waals surface area contributed by atoms with Crippen molar-refractivity contribution in [2.75, 3.05) is 0 Å². The van der Waals surface area contributed by atoms with Crippen molar-refractivity contribution in [1.82, 2.24) is 5.32 Å². The fraction of sp³-hybridized carbons (Fsp3) is 0.0769. The molecule has 6 rings (SSSR count). The van der Waals surface area contributed by atoms with Gasteiger partial charge in [-0.25, -0.2) is 5.32 Å². The molecule has 0 saturated heterocycles. The smallest absolute Gasteiger partial charge is 0.0640 e. The van der Waals surface area contributed by atoms with Crippen LogP contribution < -0.4 is 5.32 Å². The van der Waals surface area contributed by atoms with E-state index in [1.807, 2.05) is 0 Å². The van der Waals surface area contributed by atoms with E-state index in [9.17, 15) is 0 Å². The molecule has 27 heavy (non-hydrogen) atoms. The second-order valence-electron chi connectivity index (χ2n) is 7.46. The maximum absolute atomic E-state index is 4.92. The predicted octanol–water partition coefficient (Wildman–Crippen LogP) is 6.40. The summed E-state index contributed by atoms with van der Waals surface area (Å²) in [5.74, 6) is 0. The maximum Gasteiger partial charge on any atom is 0.0640 e. The summed E-state index contributed by atoms with van der Waals surface area (Å²) in [6, 6.07) is 30.6. The van der Waals surface area contributed by atoms with E-state index in [0.29, 0.717) is 0 Å². The molecule has 1 nitrogen and oxygen atoms in total. The summed E-state index contributed by atoms with van der Waals surface area (Å²) >= 11 is 0. The van der Waals surface area contributed by atoms with Gasteiger partial charge in [0.15, 0.2) is 0 Å². The molecule has 0 aromatic heterocycles. The first-order valence-electron chi connectivity index (χ1n) is 9.49. The summed E-state index contributed by atoms with van der Waals surface area (Å²) in [6.07, 6.45) is 2.02. The van der Waals surface area contributed by atoms with Crippen LogP contribution in [-0.4, -0.2) is 0 Å². The van der Waals surface area contributed by atoms with Gasteiger partial charge in [-0.15, -0.1) is 0 Å². The zero-order valence-electron chi connectivity index (χ0n) is 14.9. The van der Waals surface area contributed by atoms with Gasteiger partial charge in [-0.3, -0.25) is 0 Å². The van der Waals surface area contributed by atoms with Crippen molar-refractivity contribution < 1.29 is 0 Å². The lowest BCUT2D eigenvalue weighted by molar-refractivity contribution is 1.15. The normalized spacial score (nSPS) is 12.9. The summed E-state index contributed by atoms with van der Waals surface area (Å²) in [6.45, 7) is 0. The van der Waals surface area contributed by atoms with Crippen LogP contribution in [0.2, 0.25) is 0 Å². The summed E-state index contributed by atoms with van der Waals surface area (Å²) < 4.78 is 0. The van der Waals surface area contributed by atoms with E-state index in [4.69, 9.17) is 5.32 Å². The minimum Gasteiger partial charge on any atom is -0.249 e. The Labute approximate surface area is 159 Å². The molecule has 0 atom stereocenters. The number of nitrogens with zero attached hydrogens (tertiary/aromatic N) is 1. The number of hydrogen-bond acceptors (Lipinski definition) is 0. The molecule has 2 aliphatic carbocycles. The van der Waals surface area contributed by atoms with Crippen molar-refractivity contribution in [3.63, 3.8) is 0 Å². The van der Waals surface area contributed by atoms with Crippen molar-refractivity contribution in [2.45, 2.75) is 12.8 Å². The molecule has 0 saturated carbocycles. The molecular formula is C26H18N. The Kier molecular flexibility index (Phi) is 3.06. The Morgan fingerprint density at radius 2 is 0.889 bits per heavy atom. The van der Waals surface area contributed by atoms with Crippen molar-refractivity contribution in [2.24, 2.45) is 0 Å². The summed E-state index contributed by atoms with van der Waals surface area (Å²) in [4.78, 5) is 0. The average molecular weight is 344 g/mol. The first-order chi connectivity index (χ1) is 13.3. The average Bonchev–Trinajstić information content (AvgIpc) is 3.25. The second kappa shape index (κ2) is 5.59. The molecule has 0 N–H and O–H groups in total. The highest BCUT2D eigenvalue weighted by molar-refractivity contribution is 5.80. The molecule has 1 radical (unpaired) electrons. The van der Waals surface area contributed by atoms with Gasteiger partial charge in [-0.2, -0.15) is 0 Å². The van der Waals surface area contributed by atoms with Crippen LogP contribution in [0.25, 0.3) is 22.3 Å². The van der Waals surface area contributed by atoms with E-state index in [1.54, 1.807) is 0 Å². The third-order valence-electron chi connectivity index (χ3n) is 5.81. The minimum absolute atomic E-state index is 1.01. The molecule has 0 bridgehead atoms. The Hall–Kier alpha value is -3.32. The van der Waals surface area contributed by atoms with Crippen molar-refractivity contribution in [3.05, 3.63) is 107 Å². The molecule has 0 spiro atoms. The van der Waals surface area contributed by atoms with E-state index >= 15 is 0 Å². The fourth-order valence-electron chi connectivity index (χ4n) is 4.55. The van der Waals surface area contributed by atoms with Crippen LogP contribution in [0.3, 0.4) is 0 Å². The Morgan fingerprint density at radius 3 is 1.41 bits per heavy atom. The molecule has 0 heterocycles. The Balaban J connectivity index is 1.31. The Morgan fingerprint density at radius 1 is 0.444 bits per heavy atom. The fourth-order valence-corrected chi connectivity index (χ4v) is 4.55. The third-order valence-corrected chi connectivity index (χ3v) is 5.81. The molecule has 0 amide bonds. The zero-order valence-corrected chi connectivity index (χ0v) is 14.9. The number of hydrogen-bond donors (Lipinski definition) is 0. The highest BCUT2D eigenvalue weighted by Gasteiger charge is 2.20. The van der Waals surface area contributed by atoms with Gasteiger partial charge in [0.25, 0.3) is 0 Å². The van der Waals surface area contributed by atoms with Gasteiger partial charge in [0.05, 0.1) is 11.4 Å². The molecule has 127 valence electrons. The number of fused-ring (bicyclic) bond motifs is 6. The molecule has 1 heteroatoms. The summed E-state index contributed by atoms with van der Waals surface area (Å²) in [5.41, 5.74) is 13.1. The first-order valence-corrected chi connectivity index (χ1v) is 9.49. The highest BCUT2D eigenvalue weighted by Crippen LogP contribution is 2.40. The van der Waals surface area contributed by atoms with Crippen LogP contribution in [0.1, 0.15) is 22.3 Å². The topological polar surface area (TPSA) is 14.1 Å². The molecule has 4 aromatic rings. The van der Waals surface area contributed by atoms with Gasteiger partial charge in [0, 0.05) is 0 Å². The lowest BCUT2D eigenvalue weighted by Gasteiger charge is -2.08. The number of benzene rings is 4. The van der Waals surface area contributed by atoms with Crippen molar-refractivity contribution >= 4 is 11.4 Å². The number of rotatable bonds is 2. The summed E-state index contributed by atoms with van der Waals surface area (Å²) in [5, 5.41) is 4.92. The lowest BCUT2D eigenvalue weighted by Crippen LogP contribution is -1.92. The predicted molar refractivity (Wildman–Crippen MR) is 111 cm³/mol. The van der Waals surface area contributed by atoms with Gasteiger partial charge in [0.2, 0.25) is 0 Å². The minimum atomic E-state index is 1.01. The molecule has 0 aliphatic heterocycles. The van der Waals surface area contributed by atoms with Crippen LogP contribution in [0.4, 0.5) is 11.4 Å². The second-order valence-corrected chi connectivity index (χ2v) is 7.46. The standard InChI is InChI=1S/C26H18N/c1-3-7-23-17(5-1)13-19-15-21(9-11-25(19)23)27-22-10-12-26-20(16-22)14-18-6-2-4-8-24(18)26/h1-12,15-16H,13-14H2. The monoisotopic (exact) mass is 344 g/mol. The first kappa shape index (κ1) is 14.8. The quantitative estimate of drug-likeness (QED) is 0.345. The van der Waals surface area contributed by atoms with Crippen LogP contribution in [0.5, 0.6) is 0 Å². The molecular weight excluding hydrogens is 326 g/mol. The van der Waals surface area contributed by atoms with Gasteiger partial charge in [-0.05, 0) is 81.6 Å². The zero-order chi connectivity index (χ0) is 17.8. The highest BCUT2D eigenvalue weighted by atomic mass is 14.9. The maximum atomic E-state index is 4.92. The molecule has 0 fully saturated rings. The molecule has 2 aliphatic rings. The van der Waals surface area contributed by atoms with E-state index in [0.717, 1.165) is 24.2 Å². The van der Waals surface area contributed by atoms with Gasteiger partial charge < -0.3 is 0 Å².